The van der Waals surface area contributed by atoms with E-state index in [1.165, 1.54) is 0 Å². The number of carboxylic acids is 1. The second-order valence-corrected chi connectivity index (χ2v) is 3.70. The van der Waals surface area contributed by atoms with Crippen LogP contribution in [-0.4, -0.2) is 17.1 Å². The van der Waals surface area contributed by atoms with Crippen LogP contribution in [0.15, 0.2) is 0 Å². The predicted molar refractivity (Wildman–Crippen MR) is 47.5 cm³/mol. The summed E-state index contributed by atoms with van der Waals surface area (Å²) >= 11 is 0. The van der Waals surface area contributed by atoms with Crippen LogP contribution in [-0.2, 0) is 4.79 Å². The van der Waals surface area contributed by atoms with E-state index in [-0.39, 0.29) is 11.8 Å². The van der Waals surface area contributed by atoms with E-state index in [9.17, 15) is 4.79 Å². The third-order valence-electron chi connectivity index (χ3n) is 1.10. The van der Waals surface area contributed by atoms with Gasteiger partial charge >= 0.3 is 5.97 Å². The van der Waals surface area contributed by atoms with Crippen molar-refractivity contribution in [3.63, 3.8) is 0 Å². The first-order valence-electron chi connectivity index (χ1n) is 3.81. The zero-order chi connectivity index (χ0) is 9.78. The molecule has 3 heteroatoms. The molecule has 0 heterocycles. The van der Waals surface area contributed by atoms with Crippen LogP contribution in [0.25, 0.3) is 0 Å². The molecule has 0 aromatic carbocycles. The van der Waals surface area contributed by atoms with Crippen molar-refractivity contribution < 1.29 is 9.90 Å². The van der Waals surface area contributed by atoms with Crippen molar-refractivity contribution in [1.29, 1.82) is 0 Å². The fourth-order valence-corrected chi connectivity index (χ4v) is 0.513. The summed E-state index contributed by atoms with van der Waals surface area (Å²) in [6.07, 6.45) is 0.215. The summed E-state index contributed by atoms with van der Waals surface area (Å²) in [5, 5.41) is 8.42. The summed E-state index contributed by atoms with van der Waals surface area (Å²) in [7, 11) is 0. The van der Waals surface area contributed by atoms with E-state index in [1.54, 1.807) is 0 Å². The van der Waals surface area contributed by atoms with Gasteiger partial charge in [0, 0.05) is 11.8 Å². The van der Waals surface area contributed by atoms with Gasteiger partial charge in [0.1, 0.15) is 6.04 Å². The van der Waals surface area contributed by atoms with Crippen LogP contribution in [0.4, 0.5) is 0 Å². The molecule has 0 aromatic rings. The molecule has 0 radical (unpaired) electrons. The van der Waals surface area contributed by atoms with E-state index in [0.717, 1.165) is 0 Å². The Morgan fingerprint density at radius 3 is 2.42 bits per heavy atom. The summed E-state index contributed by atoms with van der Waals surface area (Å²) in [5.74, 6) is 4.66. The molecular weight excluding hydrogens is 154 g/mol. The number of nitrogens with two attached hydrogens (primary N) is 1. The molecule has 0 unspecified atom stereocenters. The predicted octanol–water partition coefficient (Wildman–Crippen LogP) is 0.838. The Morgan fingerprint density at radius 1 is 1.58 bits per heavy atom. The van der Waals surface area contributed by atoms with Gasteiger partial charge in [-0.3, -0.25) is 4.79 Å². The van der Waals surface area contributed by atoms with Crippen LogP contribution < -0.4 is 5.73 Å². The van der Waals surface area contributed by atoms with E-state index < -0.39 is 12.0 Å². The molecule has 0 aliphatic rings. The first kappa shape index (κ1) is 11.0. The van der Waals surface area contributed by atoms with Gasteiger partial charge in [0.2, 0.25) is 0 Å². The van der Waals surface area contributed by atoms with Crippen molar-refractivity contribution in [2.75, 3.05) is 0 Å². The second-order valence-electron chi connectivity index (χ2n) is 3.70. The summed E-state index contributed by atoms with van der Waals surface area (Å²) in [6, 6.07) is -0.861. The molecule has 0 saturated carbocycles. The third kappa shape index (κ3) is 5.75. The molecule has 68 valence electrons. The first-order chi connectivity index (χ1) is 5.33. The third-order valence-corrected chi connectivity index (χ3v) is 1.10. The first-order valence-corrected chi connectivity index (χ1v) is 3.81. The van der Waals surface area contributed by atoms with E-state index in [1.807, 2.05) is 20.8 Å². The lowest BCUT2D eigenvalue weighted by atomic mass is 9.97. The van der Waals surface area contributed by atoms with Crippen LogP contribution in [0.2, 0.25) is 0 Å². The zero-order valence-electron chi connectivity index (χ0n) is 7.72. The molecule has 0 saturated heterocycles. The maximum atomic E-state index is 10.3. The van der Waals surface area contributed by atoms with E-state index in [4.69, 9.17) is 10.8 Å². The average Bonchev–Trinajstić information content (AvgIpc) is 1.84. The van der Waals surface area contributed by atoms with E-state index in [0.29, 0.717) is 0 Å². The molecule has 0 aliphatic carbocycles. The lowest BCUT2D eigenvalue weighted by Crippen LogP contribution is -2.29. The van der Waals surface area contributed by atoms with Crippen LogP contribution in [0.3, 0.4) is 0 Å². The van der Waals surface area contributed by atoms with Crippen LogP contribution >= 0.6 is 0 Å². The maximum Gasteiger partial charge on any atom is 0.321 e. The van der Waals surface area contributed by atoms with Crippen molar-refractivity contribution in [3.05, 3.63) is 0 Å². The lowest BCUT2D eigenvalue weighted by Gasteiger charge is -2.07. The quantitative estimate of drug-likeness (QED) is 0.602. The molecule has 0 amide bonds. The van der Waals surface area contributed by atoms with Crippen molar-refractivity contribution in [3.8, 4) is 11.8 Å². The Morgan fingerprint density at radius 2 is 2.08 bits per heavy atom. The van der Waals surface area contributed by atoms with Crippen LogP contribution in [0.5, 0.6) is 0 Å². The molecule has 0 bridgehead atoms. The van der Waals surface area contributed by atoms with Crippen molar-refractivity contribution in [2.24, 2.45) is 11.1 Å². The van der Waals surface area contributed by atoms with Crippen LogP contribution in [0, 0.1) is 17.3 Å². The smallest absolute Gasteiger partial charge is 0.321 e. The number of aliphatic carboxylic acids is 1. The van der Waals surface area contributed by atoms with Gasteiger partial charge in [0.25, 0.3) is 0 Å². The number of hydrogen-bond acceptors (Lipinski definition) is 2. The summed E-state index contributed by atoms with van der Waals surface area (Å²) in [5.41, 5.74) is 5.16. The molecule has 0 spiro atoms. The lowest BCUT2D eigenvalue weighted by molar-refractivity contribution is -0.138. The highest BCUT2D eigenvalue weighted by Crippen LogP contribution is 2.09. The van der Waals surface area contributed by atoms with E-state index in [2.05, 4.69) is 11.8 Å². The standard InChI is InChI=1S/C9H15NO2/c1-9(2,3)6-4-5-7(10)8(11)12/h7H,5,10H2,1-3H3,(H,11,12)/t7-/m0/s1. The van der Waals surface area contributed by atoms with Crippen molar-refractivity contribution in [2.45, 2.75) is 33.2 Å². The average molecular weight is 169 g/mol. The zero-order valence-corrected chi connectivity index (χ0v) is 7.72. The minimum atomic E-state index is -1.00. The van der Waals surface area contributed by atoms with Gasteiger partial charge in [-0.1, -0.05) is 5.92 Å². The highest BCUT2D eigenvalue weighted by molar-refractivity contribution is 5.73. The second kappa shape index (κ2) is 4.13. The Labute approximate surface area is 73.0 Å². The van der Waals surface area contributed by atoms with Gasteiger partial charge < -0.3 is 10.8 Å². The van der Waals surface area contributed by atoms with Crippen LogP contribution in [0.1, 0.15) is 27.2 Å². The molecular formula is C9H15NO2. The van der Waals surface area contributed by atoms with Gasteiger partial charge in [0.15, 0.2) is 0 Å². The van der Waals surface area contributed by atoms with Gasteiger partial charge in [-0.25, -0.2) is 0 Å². The monoisotopic (exact) mass is 169 g/mol. The van der Waals surface area contributed by atoms with Gasteiger partial charge in [0.05, 0.1) is 0 Å². The fraction of sp³-hybridized carbons (Fsp3) is 0.667. The largest absolute Gasteiger partial charge is 0.480 e. The summed E-state index contributed by atoms with van der Waals surface area (Å²) < 4.78 is 0. The minimum Gasteiger partial charge on any atom is -0.480 e. The van der Waals surface area contributed by atoms with Gasteiger partial charge in [-0.2, -0.15) is 0 Å². The van der Waals surface area contributed by atoms with Gasteiger partial charge in [-0.15, -0.1) is 5.92 Å². The Kier molecular flexibility index (Phi) is 3.78. The fourth-order valence-electron chi connectivity index (χ4n) is 0.513. The summed E-state index contributed by atoms with van der Waals surface area (Å²) in [4.78, 5) is 10.3. The highest BCUT2D eigenvalue weighted by Gasteiger charge is 2.09. The van der Waals surface area contributed by atoms with Crippen molar-refractivity contribution >= 4 is 5.97 Å². The number of carboxylic acid groups (broad SMARTS) is 1. The Balaban J connectivity index is 3.96. The Bertz CT molecular complexity index is 217. The normalized spacial score (nSPS) is 13.0. The van der Waals surface area contributed by atoms with E-state index >= 15 is 0 Å². The molecule has 3 N–H and O–H groups in total. The molecule has 0 aliphatic heterocycles. The summed E-state index contributed by atoms with van der Waals surface area (Å²) in [6.45, 7) is 5.89. The SMILES string of the molecule is CC(C)(C)C#CC[C@H](N)C(=O)O. The van der Waals surface area contributed by atoms with Crippen molar-refractivity contribution in [1.82, 2.24) is 0 Å². The highest BCUT2D eigenvalue weighted by atomic mass is 16.4. The molecule has 1 atom stereocenters. The molecule has 12 heavy (non-hydrogen) atoms. The maximum absolute atomic E-state index is 10.3. The number of rotatable bonds is 2. The number of carbonyl (C=O) groups is 1. The minimum absolute atomic E-state index is 0.0851. The van der Waals surface area contributed by atoms with Gasteiger partial charge in [-0.05, 0) is 20.8 Å². The molecule has 0 fully saturated rings. The Hall–Kier alpha value is -1.01. The number of hydrogen-bond donors (Lipinski definition) is 2. The molecule has 0 aromatic heterocycles. The molecule has 3 nitrogen and oxygen atoms in total. The molecule has 0 rings (SSSR count). The topological polar surface area (TPSA) is 63.3 Å².